The third-order valence-electron chi connectivity index (χ3n) is 6.16. The van der Waals surface area contributed by atoms with Crippen molar-refractivity contribution in [2.24, 2.45) is 0 Å². The van der Waals surface area contributed by atoms with Crippen LogP contribution in [0.1, 0.15) is 65.5 Å². The van der Waals surface area contributed by atoms with E-state index in [9.17, 15) is 4.79 Å². The first-order valence-electron chi connectivity index (χ1n) is 11.5. The number of nitrogen functional groups attached to an aromatic ring is 1. The molecule has 1 aliphatic rings. The minimum absolute atomic E-state index is 0.111. The number of nitrogens with one attached hydrogen (secondary N) is 1. The molecule has 168 valence electrons. The van der Waals surface area contributed by atoms with Gasteiger partial charge in [-0.15, -0.1) is 0 Å². The van der Waals surface area contributed by atoms with Crippen molar-refractivity contribution in [1.82, 2.24) is 29.3 Å². The number of hydrogen-bond acceptors (Lipinski definition) is 6. The summed E-state index contributed by atoms with van der Waals surface area (Å²) < 4.78 is 1.81. The number of aryl methyl sites for hydroxylation is 2. The van der Waals surface area contributed by atoms with Crippen LogP contribution in [0.3, 0.4) is 0 Å². The molecule has 0 saturated carbocycles. The Hall–Kier alpha value is -1.93. The first-order valence-corrected chi connectivity index (χ1v) is 11.5. The van der Waals surface area contributed by atoms with Crippen molar-refractivity contribution in [3.8, 4) is 0 Å². The normalized spacial score (nSPS) is 16.5. The van der Waals surface area contributed by atoms with E-state index in [4.69, 9.17) is 5.73 Å². The van der Waals surface area contributed by atoms with Crippen molar-refractivity contribution in [1.29, 1.82) is 0 Å². The Balaban J connectivity index is 1.57. The summed E-state index contributed by atoms with van der Waals surface area (Å²) in [6.07, 6.45) is 6.20. The number of rotatable bonds is 9. The molecule has 0 aromatic carbocycles. The highest BCUT2D eigenvalue weighted by Gasteiger charge is 2.25. The van der Waals surface area contributed by atoms with Crippen molar-refractivity contribution in [2.75, 3.05) is 38.5 Å². The number of aromatic amines is 1. The highest BCUT2D eigenvalue weighted by molar-refractivity contribution is 5.74. The molecule has 8 heteroatoms. The first kappa shape index (κ1) is 22.7. The van der Waals surface area contributed by atoms with Gasteiger partial charge in [0.05, 0.1) is 5.69 Å². The minimum Gasteiger partial charge on any atom is -0.368 e. The molecule has 0 amide bonds. The molecule has 3 N–H and O–H groups in total. The topological polar surface area (TPSA) is 96.1 Å². The van der Waals surface area contributed by atoms with E-state index in [0.717, 1.165) is 82.5 Å². The molecular weight excluding hydrogens is 378 g/mol. The Labute approximate surface area is 179 Å². The molecule has 0 aliphatic carbocycles. The van der Waals surface area contributed by atoms with Crippen LogP contribution in [0.25, 0.3) is 11.2 Å². The maximum Gasteiger partial charge on any atom is 0.327 e. The van der Waals surface area contributed by atoms with E-state index < -0.39 is 0 Å². The van der Waals surface area contributed by atoms with Gasteiger partial charge in [-0.2, -0.15) is 4.98 Å². The number of piperazine rings is 1. The average molecular weight is 418 g/mol. The van der Waals surface area contributed by atoms with Gasteiger partial charge in [0.1, 0.15) is 5.52 Å². The van der Waals surface area contributed by atoms with Gasteiger partial charge in [-0.3, -0.25) is 14.5 Å². The number of hydrogen-bond donors (Lipinski definition) is 2. The maximum atomic E-state index is 12.5. The number of unbranched alkanes of at least 4 members (excludes halogenated alkanes) is 3. The lowest BCUT2D eigenvalue weighted by Crippen LogP contribution is -2.53. The van der Waals surface area contributed by atoms with Crippen LogP contribution in [-0.4, -0.2) is 67.6 Å². The Morgan fingerprint density at radius 1 is 1.00 bits per heavy atom. The minimum atomic E-state index is -0.111. The molecule has 1 fully saturated rings. The lowest BCUT2D eigenvalue weighted by atomic mass is 10.0. The van der Waals surface area contributed by atoms with Crippen molar-refractivity contribution in [3.05, 3.63) is 16.2 Å². The van der Waals surface area contributed by atoms with E-state index in [1.165, 1.54) is 0 Å². The Kier molecular flexibility index (Phi) is 7.52. The first-order chi connectivity index (χ1) is 14.3. The third-order valence-corrected chi connectivity index (χ3v) is 6.16. The SMILES string of the molecule is CCCCCc1nc(N)nc2[nH]c(=O)n(CCCCN3CCN(C(C)(C)C)CC3)c12. The van der Waals surface area contributed by atoms with Crippen LogP contribution in [-0.2, 0) is 13.0 Å². The Bertz CT molecular complexity index is 872. The molecule has 8 nitrogen and oxygen atoms in total. The van der Waals surface area contributed by atoms with Crippen molar-refractivity contribution in [2.45, 2.75) is 78.3 Å². The second-order valence-corrected chi connectivity index (χ2v) is 9.47. The molecule has 0 spiro atoms. The molecule has 0 bridgehead atoms. The number of H-pyrrole nitrogens is 1. The summed E-state index contributed by atoms with van der Waals surface area (Å²) in [6.45, 7) is 15.3. The van der Waals surface area contributed by atoms with E-state index >= 15 is 0 Å². The molecule has 2 aromatic heterocycles. The fourth-order valence-corrected chi connectivity index (χ4v) is 4.34. The van der Waals surface area contributed by atoms with Crippen LogP contribution >= 0.6 is 0 Å². The zero-order valence-corrected chi connectivity index (χ0v) is 19.2. The van der Waals surface area contributed by atoms with Crippen molar-refractivity contribution in [3.63, 3.8) is 0 Å². The summed E-state index contributed by atoms with van der Waals surface area (Å²) >= 11 is 0. The third kappa shape index (κ3) is 5.60. The lowest BCUT2D eigenvalue weighted by molar-refractivity contribution is 0.0615. The number of nitrogens with zero attached hydrogens (tertiary/aromatic N) is 5. The van der Waals surface area contributed by atoms with Gasteiger partial charge in [-0.25, -0.2) is 9.78 Å². The van der Waals surface area contributed by atoms with Crippen LogP contribution in [0.15, 0.2) is 4.79 Å². The van der Waals surface area contributed by atoms with E-state index in [-0.39, 0.29) is 17.2 Å². The summed E-state index contributed by atoms with van der Waals surface area (Å²) in [6, 6.07) is 0. The van der Waals surface area contributed by atoms with Crippen LogP contribution in [0.4, 0.5) is 5.95 Å². The summed E-state index contributed by atoms with van der Waals surface area (Å²) in [5.74, 6) is 0.233. The van der Waals surface area contributed by atoms with E-state index in [2.05, 4.69) is 52.4 Å². The van der Waals surface area contributed by atoms with E-state index in [0.29, 0.717) is 12.2 Å². The maximum absolute atomic E-state index is 12.5. The molecule has 0 atom stereocenters. The second-order valence-electron chi connectivity index (χ2n) is 9.47. The van der Waals surface area contributed by atoms with Gasteiger partial charge in [0, 0.05) is 38.3 Å². The summed E-state index contributed by atoms with van der Waals surface area (Å²) in [5, 5.41) is 0. The fraction of sp³-hybridized carbons (Fsp3) is 0.773. The summed E-state index contributed by atoms with van der Waals surface area (Å²) in [4.78, 5) is 29.2. The highest BCUT2D eigenvalue weighted by atomic mass is 16.1. The van der Waals surface area contributed by atoms with Gasteiger partial charge >= 0.3 is 5.69 Å². The molecule has 3 rings (SSSR count). The van der Waals surface area contributed by atoms with Gasteiger partial charge in [0.2, 0.25) is 5.95 Å². The summed E-state index contributed by atoms with van der Waals surface area (Å²) in [7, 11) is 0. The smallest absolute Gasteiger partial charge is 0.327 e. The van der Waals surface area contributed by atoms with Gasteiger partial charge in [0.25, 0.3) is 0 Å². The van der Waals surface area contributed by atoms with E-state index in [1.54, 1.807) is 0 Å². The molecular formula is C22H39N7O. The molecule has 30 heavy (non-hydrogen) atoms. The highest BCUT2D eigenvalue weighted by Crippen LogP contribution is 2.18. The van der Waals surface area contributed by atoms with Gasteiger partial charge in [-0.1, -0.05) is 19.8 Å². The monoisotopic (exact) mass is 417 g/mol. The van der Waals surface area contributed by atoms with Gasteiger partial charge < -0.3 is 10.6 Å². The molecule has 3 heterocycles. The zero-order chi connectivity index (χ0) is 21.7. The van der Waals surface area contributed by atoms with Crippen LogP contribution in [0.2, 0.25) is 0 Å². The van der Waals surface area contributed by atoms with Crippen molar-refractivity contribution >= 4 is 17.1 Å². The lowest BCUT2D eigenvalue weighted by Gasteiger charge is -2.42. The largest absolute Gasteiger partial charge is 0.368 e. The predicted molar refractivity (Wildman–Crippen MR) is 123 cm³/mol. The number of nitrogens with two attached hydrogens (primary N) is 1. The van der Waals surface area contributed by atoms with Crippen LogP contribution < -0.4 is 11.4 Å². The second kappa shape index (κ2) is 9.92. The quantitative estimate of drug-likeness (QED) is 0.609. The molecule has 2 aromatic rings. The van der Waals surface area contributed by atoms with Gasteiger partial charge in [-0.05, 0) is 53.0 Å². The Morgan fingerprint density at radius 3 is 2.37 bits per heavy atom. The predicted octanol–water partition coefficient (Wildman–Crippen LogP) is 2.63. The van der Waals surface area contributed by atoms with Crippen molar-refractivity contribution < 1.29 is 0 Å². The molecule has 1 aliphatic heterocycles. The van der Waals surface area contributed by atoms with Crippen LogP contribution in [0, 0.1) is 0 Å². The van der Waals surface area contributed by atoms with Gasteiger partial charge in [0.15, 0.2) is 5.65 Å². The zero-order valence-electron chi connectivity index (χ0n) is 19.2. The summed E-state index contributed by atoms with van der Waals surface area (Å²) in [5.41, 5.74) is 8.30. The fourth-order valence-electron chi connectivity index (χ4n) is 4.34. The Morgan fingerprint density at radius 2 is 1.70 bits per heavy atom. The molecule has 1 saturated heterocycles. The standard InChI is InChI=1S/C22H39N7O/c1-5-6-7-10-17-18-19(25-20(23)24-17)26-21(30)29(18)12-9-8-11-27-13-15-28(16-14-27)22(2,3)4/h5-16H2,1-4H3,(H3,23,24,25,26,30). The number of imidazole rings is 1. The number of aromatic nitrogens is 4. The average Bonchev–Trinajstić information content (AvgIpc) is 3.00. The molecule has 0 unspecified atom stereocenters. The number of anilines is 1. The van der Waals surface area contributed by atoms with E-state index in [1.807, 2.05) is 4.57 Å². The van der Waals surface area contributed by atoms with Crippen LogP contribution in [0.5, 0.6) is 0 Å². The number of fused-ring (bicyclic) bond motifs is 1. The molecule has 0 radical (unpaired) electrons.